The van der Waals surface area contributed by atoms with Crippen molar-refractivity contribution >= 4 is 44.8 Å². The second kappa shape index (κ2) is 12.5. The molecule has 2 amide bonds. The summed E-state index contributed by atoms with van der Waals surface area (Å²) in [5.41, 5.74) is 0.971. The van der Waals surface area contributed by atoms with Crippen LogP contribution in [0, 0.1) is 10.1 Å². The summed E-state index contributed by atoms with van der Waals surface area (Å²) in [5, 5.41) is 14.2. The van der Waals surface area contributed by atoms with E-state index >= 15 is 0 Å². The summed E-state index contributed by atoms with van der Waals surface area (Å²) in [6, 6.07) is 19.9. The number of benzene rings is 3. The van der Waals surface area contributed by atoms with Crippen LogP contribution in [0.25, 0.3) is 0 Å². The lowest BCUT2D eigenvalue weighted by atomic mass is 10.0. The molecule has 0 saturated carbocycles. The van der Waals surface area contributed by atoms with Crippen LogP contribution in [0.1, 0.15) is 11.1 Å². The van der Waals surface area contributed by atoms with E-state index in [-0.39, 0.29) is 24.3 Å². The van der Waals surface area contributed by atoms with Gasteiger partial charge in [-0.25, -0.2) is 8.42 Å². The standard InChI is InChI=1S/C26H27ClN4O6S/c1-28-26(33)24(15-19-9-4-3-5-10-19)29(17-20-11-6-7-14-23(20)27)25(32)18-30(38(2,36)37)21-12-8-13-22(16-21)31(34)35/h3-14,16,24H,15,17-18H2,1-2H3,(H,28,33)/t24-/m1/s1. The van der Waals surface area contributed by atoms with Gasteiger partial charge >= 0.3 is 0 Å². The Morgan fingerprint density at radius 2 is 1.68 bits per heavy atom. The van der Waals surface area contributed by atoms with Crippen LogP contribution in [0.5, 0.6) is 0 Å². The fourth-order valence-electron chi connectivity index (χ4n) is 3.91. The summed E-state index contributed by atoms with van der Waals surface area (Å²) in [7, 11) is -2.60. The minimum absolute atomic E-state index is 0.0488. The Morgan fingerprint density at radius 1 is 1.03 bits per heavy atom. The molecule has 3 rings (SSSR count). The van der Waals surface area contributed by atoms with Crippen LogP contribution < -0.4 is 9.62 Å². The van der Waals surface area contributed by atoms with Crippen molar-refractivity contribution in [2.45, 2.75) is 19.0 Å². The number of halogens is 1. The molecule has 3 aromatic rings. The predicted molar refractivity (Wildman–Crippen MR) is 145 cm³/mol. The Hall–Kier alpha value is -3.96. The molecule has 10 nitrogen and oxygen atoms in total. The van der Waals surface area contributed by atoms with Crippen LogP contribution in [-0.4, -0.2) is 55.9 Å². The number of likely N-dealkylation sites (N-methyl/N-ethyl adjacent to an activating group) is 1. The maximum Gasteiger partial charge on any atom is 0.271 e. The fourth-order valence-corrected chi connectivity index (χ4v) is 4.94. The van der Waals surface area contributed by atoms with Gasteiger partial charge in [0.15, 0.2) is 0 Å². The van der Waals surface area contributed by atoms with Crippen LogP contribution in [0.2, 0.25) is 5.02 Å². The Kier molecular flexibility index (Phi) is 9.43. The van der Waals surface area contributed by atoms with Crippen molar-refractivity contribution in [3.8, 4) is 0 Å². The smallest absolute Gasteiger partial charge is 0.271 e. The van der Waals surface area contributed by atoms with Gasteiger partial charge in [-0.15, -0.1) is 0 Å². The Labute approximate surface area is 226 Å². The maximum atomic E-state index is 13.8. The molecule has 0 fully saturated rings. The van der Waals surface area contributed by atoms with E-state index in [4.69, 9.17) is 11.6 Å². The molecule has 0 heterocycles. The highest BCUT2D eigenvalue weighted by Gasteiger charge is 2.33. The van der Waals surface area contributed by atoms with E-state index in [1.807, 2.05) is 30.3 Å². The summed E-state index contributed by atoms with van der Waals surface area (Å²) in [6.45, 7) is -0.761. The average molecular weight is 559 g/mol. The number of non-ortho nitro benzene ring substituents is 1. The number of nitro benzene ring substituents is 1. The van der Waals surface area contributed by atoms with E-state index in [0.29, 0.717) is 10.6 Å². The van der Waals surface area contributed by atoms with Crippen molar-refractivity contribution in [1.29, 1.82) is 0 Å². The van der Waals surface area contributed by atoms with Crippen molar-refractivity contribution in [3.63, 3.8) is 0 Å². The molecule has 1 N–H and O–H groups in total. The first kappa shape index (κ1) is 28.6. The molecule has 38 heavy (non-hydrogen) atoms. The van der Waals surface area contributed by atoms with Crippen molar-refractivity contribution in [2.24, 2.45) is 0 Å². The van der Waals surface area contributed by atoms with Crippen LogP contribution in [-0.2, 0) is 32.6 Å². The van der Waals surface area contributed by atoms with Crippen molar-refractivity contribution in [3.05, 3.63) is 105 Å². The molecular weight excluding hydrogens is 532 g/mol. The molecular formula is C26H27ClN4O6S. The largest absolute Gasteiger partial charge is 0.357 e. The second-order valence-electron chi connectivity index (χ2n) is 8.48. The number of nitro groups is 1. The second-order valence-corrected chi connectivity index (χ2v) is 10.8. The van der Waals surface area contributed by atoms with E-state index in [1.165, 1.54) is 30.1 Å². The minimum atomic E-state index is -4.04. The summed E-state index contributed by atoms with van der Waals surface area (Å²) in [6.07, 6.45) is 1.06. The van der Waals surface area contributed by atoms with Gasteiger partial charge in [0.2, 0.25) is 21.8 Å². The van der Waals surface area contributed by atoms with Crippen molar-refractivity contribution in [1.82, 2.24) is 10.2 Å². The lowest BCUT2D eigenvalue weighted by Crippen LogP contribution is -2.52. The van der Waals surface area contributed by atoms with E-state index in [2.05, 4.69) is 5.32 Å². The zero-order valence-corrected chi connectivity index (χ0v) is 22.4. The van der Waals surface area contributed by atoms with E-state index in [1.54, 1.807) is 24.3 Å². The number of sulfonamides is 1. The number of anilines is 1. The SMILES string of the molecule is CNC(=O)[C@@H](Cc1ccccc1)N(Cc1ccccc1Cl)C(=O)CN(c1cccc([N+](=O)[O-])c1)S(C)(=O)=O. The number of carbonyl (C=O) groups excluding carboxylic acids is 2. The third-order valence-electron chi connectivity index (χ3n) is 5.82. The lowest BCUT2D eigenvalue weighted by molar-refractivity contribution is -0.384. The Bertz CT molecular complexity index is 1420. The van der Waals surface area contributed by atoms with Gasteiger partial charge in [0.05, 0.1) is 16.9 Å². The molecule has 0 spiro atoms. The van der Waals surface area contributed by atoms with Gasteiger partial charge in [0, 0.05) is 37.2 Å². The highest BCUT2D eigenvalue weighted by atomic mass is 35.5. The van der Waals surface area contributed by atoms with Crippen LogP contribution in [0.4, 0.5) is 11.4 Å². The molecule has 0 aliphatic rings. The molecule has 0 aromatic heterocycles. The summed E-state index contributed by atoms with van der Waals surface area (Å²) >= 11 is 6.36. The normalized spacial score (nSPS) is 11.9. The average Bonchev–Trinajstić information content (AvgIpc) is 2.89. The molecule has 12 heteroatoms. The Morgan fingerprint density at radius 3 is 2.29 bits per heavy atom. The van der Waals surface area contributed by atoms with E-state index in [9.17, 15) is 28.1 Å². The number of amides is 2. The number of hydrogen-bond donors (Lipinski definition) is 1. The van der Waals surface area contributed by atoms with Crippen LogP contribution in [0.15, 0.2) is 78.9 Å². The molecule has 0 aliphatic carbocycles. The fraction of sp³-hybridized carbons (Fsp3) is 0.231. The van der Waals surface area contributed by atoms with Crippen LogP contribution >= 0.6 is 11.6 Å². The highest BCUT2D eigenvalue weighted by molar-refractivity contribution is 7.92. The van der Waals surface area contributed by atoms with Gasteiger partial charge in [0.25, 0.3) is 5.69 Å². The molecule has 1 atom stereocenters. The number of hydrogen-bond acceptors (Lipinski definition) is 6. The first-order valence-electron chi connectivity index (χ1n) is 11.5. The number of nitrogens with one attached hydrogen (secondary N) is 1. The molecule has 0 saturated heterocycles. The summed E-state index contributed by atoms with van der Waals surface area (Å²) < 4.78 is 26.2. The third-order valence-corrected chi connectivity index (χ3v) is 7.33. The number of rotatable bonds is 11. The molecule has 3 aromatic carbocycles. The van der Waals surface area contributed by atoms with E-state index in [0.717, 1.165) is 22.2 Å². The quantitative estimate of drug-likeness (QED) is 0.283. The first-order valence-corrected chi connectivity index (χ1v) is 13.7. The number of nitrogens with zero attached hydrogens (tertiary/aromatic N) is 3. The van der Waals surface area contributed by atoms with Gasteiger partial charge in [-0.3, -0.25) is 24.0 Å². The van der Waals surface area contributed by atoms with Gasteiger partial charge < -0.3 is 10.2 Å². The zero-order chi connectivity index (χ0) is 27.9. The van der Waals surface area contributed by atoms with Gasteiger partial charge in [-0.05, 0) is 23.3 Å². The summed E-state index contributed by atoms with van der Waals surface area (Å²) in [5.74, 6) is -1.14. The molecule has 0 bridgehead atoms. The van der Waals surface area contributed by atoms with Crippen molar-refractivity contribution < 1.29 is 22.9 Å². The lowest BCUT2D eigenvalue weighted by Gasteiger charge is -2.33. The van der Waals surface area contributed by atoms with Crippen molar-refractivity contribution in [2.75, 3.05) is 24.2 Å². The first-order chi connectivity index (χ1) is 18.0. The molecule has 0 unspecified atom stereocenters. The highest BCUT2D eigenvalue weighted by Crippen LogP contribution is 2.25. The Balaban J connectivity index is 2.05. The van der Waals surface area contributed by atoms with Crippen LogP contribution in [0.3, 0.4) is 0 Å². The van der Waals surface area contributed by atoms with Gasteiger partial charge in [-0.2, -0.15) is 0 Å². The maximum absolute atomic E-state index is 13.8. The van der Waals surface area contributed by atoms with Gasteiger partial charge in [-0.1, -0.05) is 66.2 Å². The monoisotopic (exact) mass is 558 g/mol. The third kappa shape index (κ3) is 7.30. The molecule has 0 aliphatic heterocycles. The number of carbonyl (C=O) groups is 2. The minimum Gasteiger partial charge on any atom is -0.357 e. The van der Waals surface area contributed by atoms with Gasteiger partial charge in [0.1, 0.15) is 12.6 Å². The summed E-state index contributed by atoms with van der Waals surface area (Å²) in [4.78, 5) is 38.8. The molecule has 200 valence electrons. The van der Waals surface area contributed by atoms with E-state index < -0.39 is 39.3 Å². The zero-order valence-electron chi connectivity index (χ0n) is 20.8. The topological polar surface area (TPSA) is 130 Å². The molecule has 0 radical (unpaired) electrons. The predicted octanol–water partition coefficient (Wildman–Crippen LogP) is 3.40.